The second-order valence-corrected chi connectivity index (χ2v) is 4.31. The molecule has 0 saturated heterocycles. The summed E-state index contributed by atoms with van der Waals surface area (Å²) in [4.78, 5) is 0. The van der Waals surface area contributed by atoms with Crippen molar-refractivity contribution in [2.75, 3.05) is 11.9 Å². The Kier molecular flexibility index (Phi) is 3.68. The molecule has 0 aliphatic heterocycles. The van der Waals surface area contributed by atoms with E-state index >= 15 is 0 Å². The van der Waals surface area contributed by atoms with Gasteiger partial charge in [-0.25, -0.2) is 4.39 Å². The van der Waals surface area contributed by atoms with Crippen molar-refractivity contribution in [1.82, 2.24) is 10.2 Å². The zero-order valence-corrected chi connectivity index (χ0v) is 10.8. The van der Waals surface area contributed by atoms with E-state index in [4.69, 9.17) is 0 Å². The normalized spacial score (nSPS) is 10.3. The van der Waals surface area contributed by atoms with Gasteiger partial charge in [0.25, 0.3) is 0 Å². The number of rotatable bonds is 3. The maximum atomic E-state index is 13.0. The Hall–Kier alpha value is -1.49. The molecular formula is C12H11BrFN3. The molecule has 1 heterocycles. The maximum absolute atomic E-state index is 13.0. The molecule has 1 aromatic heterocycles. The first-order chi connectivity index (χ1) is 8.20. The van der Waals surface area contributed by atoms with E-state index in [0.29, 0.717) is 10.2 Å². The van der Waals surface area contributed by atoms with Crippen molar-refractivity contribution < 1.29 is 4.39 Å². The highest BCUT2D eigenvalue weighted by molar-refractivity contribution is 9.10. The molecule has 0 fully saturated rings. The molecule has 3 nitrogen and oxygen atoms in total. The molecule has 0 radical (unpaired) electrons. The summed E-state index contributed by atoms with van der Waals surface area (Å²) < 4.78 is 13.6. The molecule has 0 bridgehead atoms. The number of benzene rings is 1. The van der Waals surface area contributed by atoms with Crippen LogP contribution in [0.2, 0.25) is 0 Å². The molecule has 0 spiro atoms. The van der Waals surface area contributed by atoms with Crippen LogP contribution in [-0.2, 0) is 0 Å². The minimum atomic E-state index is -0.280. The van der Waals surface area contributed by atoms with Crippen LogP contribution in [0.3, 0.4) is 0 Å². The smallest absolute Gasteiger partial charge is 0.148 e. The highest BCUT2D eigenvalue weighted by Gasteiger charge is 2.06. The van der Waals surface area contributed by atoms with Gasteiger partial charge in [-0.15, -0.1) is 10.2 Å². The second-order valence-electron chi connectivity index (χ2n) is 3.46. The van der Waals surface area contributed by atoms with Crippen LogP contribution < -0.4 is 5.32 Å². The van der Waals surface area contributed by atoms with Crippen molar-refractivity contribution in [2.45, 2.75) is 6.92 Å². The van der Waals surface area contributed by atoms with E-state index in [1.165, 1.54) is 12.1 Å². The Morgan fingerprint density at radius 2 is 2.06 bits per heavy atom. The summed E-state index contributed by atoms with van der Waals surface area (Å²) in [6.45, 7) is 2.79. The van der Waals surface area contributed by atoms with Gasteiger partial charge in [-0.1, -0.05) is 0 Å². The van der Waals surface area contributed by atoms with Gasteiger partial charge in [-0.3, -0.25) is 0 Å². The van der Waals surface area contributed by atoms with Crippen LogP contribution in [0.1, 0.15) is 6.92 Å². The Morgan fingerprint density at radius 3 is 2.65 bits per heavy atom. The number of halogens is 2. The monoisotopic (exact) mass is 295 g/mol. The molecule has 0 amide bonds. The Labute approximate surface area is 107 Å². The lowest BCUT2D eigenvalue weighted by molar-refractivity contribution is 0.627. The van der Waals surface area contributed by atoms with Crippen molar-refractivity contribution in [3.05, 3.63) is 40.6 Å². The summed E-state index contributed by atoms with van der Waals surface area (Å²) in [5, 5.41) is 11.2. The predicted molar refractivity (Wildman–Crippen MR) is 69.3 cm³/mol. The molecule has 5 heteroatoms. The first-order valence-corrected chi connectivity index (χ1v) is 6.03. The summed E-state index contributed by atoms with van der Waals surface area (Å²) >= 11 is 3.31. The largest absolute Gasteiger partial charge is 0.369 e. The van der Waals surface area contributed by atoms with Gasteiger partial charge in [0.2, 0.25) is 0 Å². The first kappa shape index (κ1) is 12.0. The lowest BCUT2D eigenvalue weighted by Crippen LogP contribution is -2.00. The average molecular weight is 296 g/mol. The summed E-state index contributed by atoms with van der Waals surface area (Å²) in [6.07, 6.45) is 0. The van der Waals surface area contributed by atoms with Crippen LogP contribution in [0.25, 0.3) is 11.3 Å². The fourth-order valence-corrected chi connectivity index (χ4v) is 2.00. The number of anilines is 1. The van der Waals surface area contributed by atoms with Crippen molar-refractivity contribution in [3.8, 4) is 11.3 Å². The van der Waals surface area contributed by atoms with Crippen LogP contribution in [0.15, 0.2) is 34.8 Å². The Balaban J connectivity index is 2.33. The van der Waals surface area contributed by atoms with E-state index in [0.717, 1.165) is 17.9 Å². The molecule has 0 unspecified atom stereocenters. The third kappa shape index (κ3) is 2.79. The summed E-state index contributed by atoms with van der Waals surface area (Å²) in [5.41, 5.74) is 1.53. The van der Waals surface area contributed by atoms with Crippen molar-refractivity contribution in [1.29, 1.82) is 0 Å². The standard InChI is InChI=1S/C12H11BrFN3/c1-2-15-12-6-5-11(16-17-12)9-4-3-8(14)7-10(9)13/h3-7H,2H2,1H3,(H,15,17). The van der Waals surface area contributed by atoms with Gasteiger partial charge in [-0.05, 0) is 53.2 Å². The number of hydrogen-bond acceptors (Lipinski definition) is 3. The topological polar surface area (TPSA) is 37.8 Å². The quantitative estimate of drug-likeness (QED) is 0.942. The fraction of sp³-hybridized carbons (Fsp3) is 0.167. The molecule has 88 valence electrons. The minimum absolute atomic E-state index is 0.280. The summed E-state index contributed by atoms with van der Waals surface area (Å²) in [5.74, 6) is 0.451. The molecule has 1 N–H and O–H groups in total. The van der Waals surface area contributed by atoms with Gasteiger partial charge in [0.15, 0.2) is 0 Å². The molecule has 0 aliphatic rings. The van der Waals surface area contributed by atoms with Crippen LogP contribution in [0, 0.1) is 5.82 Å². The summed E-state index contributed by atoms with van der Waals surface area (Å²) in [7, 11) is 0. The number of hydrogen-bond donors (Lipinski definition) is 1. The lowest BCUT2D eigenvalue weighted by atomic mass is 10.1. The van der Waals surface area contributed by atoms with E-state index in [1.54, 1.807) is 6.07 Å². The third-order valence-corrected chi connectivity index (χ3v) is 2.89. The molecule has 0 saturated carbocycles. The third-order valence-electron chi connectivity index (χ3n) is 2.23. The molecular weight excluding hydrogens is 285 g/mol. The van der Waals surface area contributed by atoms with E-state index in [-0.39, 0.29) is 5.82 Å². The zero-order chi connectivity index (χ0) is 12.3. The minimum Gasteiger partial charge on any atom is -0.369 e. The van der Waals surface area contributed by atoms with Crippen molar-refractivity contribution in [2.24, 2.45) is 0 Å². The van der Waals surface area contributed by atoms with Crippen LogP contribution >= 0.6 is 15.9 Å². The van der Waals surface area contributed by atoms with Crippen LogP contribution in [0.4, 0.5) is 10.2 Å². The van der Waals surface area contributed by atoms with Gasteiger partial charge in [0.05, 0.1) is 5.69 Å². The SMILES string of the molecule is CCNc1ccc(-c2ccc(F)cc2Br)nn1. The average Bonchev–Trinajstić information content (AvgIpc) is 2.31. The van der Waals surface area contributed by atoms with Gasteiger partial charge >= 0.3 is 0 Å². The van der Waals surface area contributed by atoms with Crippen LogP contribution in [-0.4, -0.2) is 16.7 Å². The number of aromatic nitrogens is 2. The van der Waals surface area contributed by atoms with E-state index in [9.17, 15) is 4.39 Å². The van der Waals surface area contributed by atoms with Gasteiger partial charge < -0.3 is 5.32 Å². The first-order valence-electron chi connectivity index (χ1n) is 5.23. The molecule has 2 rings (SSSR count). The highest BCUT2D eigenvalue weighted by atomic mass is 79.9. The van der Waals surface area contributed by atoms with Crippen LogP contribution in [0.5, 0.6) is 0 Å². The van der Waals surface area contributed by atoms with Gasteiger partial charge in [0.1, 0.15) is 11.6 Å². The van der Waals surface area contributed by atoms with Gasteiger partial charge in [0, 0.05) is 16.6 Å². The molecule has 0 atom stereocenters. The van der Waals surface area contributed by atoms with Crippen molar-refractivity contribution in [3.63, 3.8) is 0 Å². The predicted octanol–water partition coefficient (Wildman–Crippen LogP) is 3.48. The molecule has 2 aromatic rings. The van der Waals surface area contributed by atoms with E-state index < -0.39 is 0 Å². The molecule has 0 aliphatic carbocycles. The Bertz CT molecular complexity index is 514. The number of nitrogens with zero attached hydrogens (tertiary/aromatic N) is 2. The summed E-state index contributed by atoms with van der Waals surface area (Å²) in [6, 6.07) is 8.19. The highest BCUT2D eigenvalue weighted by Crippen LogP contribution is 2.27. The Morgan fingerprint density at radius 1 is 1.24 bits per heavy atom. The number of nitrogens with one attached hydrogen (secondary N) is 1. The van der Waals surface area contributed by atoms with Crippen molar-refractivity contribution >= 4 is 21.7 Å². The second kappa shape index (κ2) is 5.23. The molecule has 17 heavy (non-hydrogen) atoms. The fourth-order valence-electron chi connectivity index (χ4n) is 1.45. The van der Waals surface area contributed by atoms with E-state index in [2.05, 4.69) is 31.4 Å². The maximum Gasteiger partial charge on any atom is 0.148 e. The lowest BCUT2D eigenvalue weighted by Gasteiger charge is -2.05. The van der Waals surface area contributed by atoms with E-state index in [1.807, 2.05) is 19.1 Å². The molecule has 1 aromatic carbocycles. The van der Waals surface area contributed by atoms with Gasteiger partial charge in [-0.2, -0.15) is 0 Å². The zero-order valence-electron chi connectivity index (χ0n) is 9.24.